The highest BCUT2D eigenvalue weighted by Crippen LogP contribution is 2.24. The molecule has 2 aromatic heterocycles. The van der Waals surface area contributed by atoms with Crippen molar-refractivity contribution < 1.29 is 8.42 Å². The SMILES string of the molecule is CS(=O)(=O)c1cccc(-c2cccc3nc(Nc4ccc(Cl)cc4)nn23)c1. The molecule has 1 N–H and O–H groups in total. The van der Waals surface area contributed by atoms with Gasteiger partial charge in [-0.15, -0.1) is 5.10 Å². The maximum atomic E-state index is 11.9. The van der Waals surface area contributed by atoms with Gasteiger partial charge in [-0.2, -0.15) is 4.98 Å². The van der Waals surface area contributed by atoms with Crippen LogP contribution in [0.4, 0.5) is 11.6 Å². The van der Waals surface area contributed by atoms with Crippen molar-refractivity contribution in [3.8, 4) is 11.3 Å². The van der Waals surface area contributed by atoms with Crippen molar-refractivity contribution in [1.29, 1.82) is 0 Å². The van der Waals surface area contributed by atoms with Crippen molar-refractivity contribution >= 4 is 38.7 Å². The number of nitrogens with one attached hydrogen (secondary N) is 1. The van der Waals surface area contributed by atoms with Gasteiger partial charge in [-0.05, 0) is 48.5 Å². The number of pyridine rings is 1. The van der Waals surface area contributed by atoms with Crippen molar-refractivity contribution in [2.45, 2.75) is 4.90 Å². The number of halogens is 1. The van der Waals surface area contributed by atoms with Gasteiger partial charge in [-0.3, -0.25) is 0 Å². The second-order valence-corrected chi connectivity index (χ2v) is 8.50. The molecule has 0 amide bonds. The molecule has 0 unspecified atom stereocenters. The molecule has 0 saturated heterocycles. The van der Waals surface area contributed by atoms with E-state index in [4.69, 9.17) is 11.6 Å². The number of sulfone groups is 1. The number of benzene rings is 2. The fourth-order valence-electron chi connectivity index (χ4n) is 2.73. The van der Waals surface area contributed by atoms with E-state index in [9.17, 15) is 8.42 Å². The Balaban J connectivity index is 1.77. The van der Waals surface area contributed by atoms with Gasteiger partial charge >= 0.3 is 0 Å². The van der Waals surface area contributed by atoms with Gasteiger partial charge in [0.05, 0.1) is 10.6 Å². The fourth-order valence-corrected chi connectivity index (χ4v) is 3.52. The normalized spacial score (nSPS) is 11.6. The van der Waals surface area contributed by atoms with Gasteiger partial charge in [0, 0.05) is 22.5 Å². The first-order valence-electron chi connectivity index (χ1n) is 8.09. The van der Waals surface area contributed by atoms with Gasteiger partial charge in [0.1, 0.15) is 0 Å². The third-order valence-electron chi connectivity index (χ3n) is 4.02. The monoisotopic (exact) mass is 398 g/mol. The van der Waals surface area contributed by atoms with Crippen molar-refractivity contribution in [3.63, 3.8) is 0 Å². The summed E-state index contributed by atoms with van der Waals surface area (Å²) in [5.74, 6) is 0.434. The summed E-state index contributed by atoms with van der Waals surface area (Å²) in [5.41, 5.74) is 2.95. The molecule has 136 valence electrons. The van der Waals surface area contributed by atoms with E-state index in [-0.39, 0.29) is 4.90 Å². The van der Waals surface area contributed by atoms with Crippen LogP contribution in [-0.2, 0) is 9.84 Å². The summed E-state index contributed by atoms with van der Waals surface area (Å²) in [6.07, 6.45) is 1.19. The molecule has 0 atom stereocenters. The zero-order valence-corrected chi connectivity index (χ0v) is 15.9. The smallest absolute Gasteiger partial charge is 0.247 e. The first kappa shape index (κ1) is 17.5. The number of nitrogens with zero attached hydrogens (tertiary/aromatic N) is 3. The lowest BCUT2D eigenvalue weighted by Gasteiger charge is -2.06. The van der Waals surface area contributed by atoms with Crippen LogP contribution in [0.15, 0.2) is 71.6 Å². The second kappa shape index (κ2) is 6.68. The maximum absolute atomic E-state index is 11.9. The highest BCUT2D eigenvalue weighted by Gasteiger charge is 2.12. The average Bonchev–Trinajstić information content (AvgIpc) is 3.05. The zero-order chi connectivity index (χ0) is 19.0. The number of rotatable bonds is 4. The molecule has 0 spiro atoms. The van der Waals surface area contributed by atoms with Gasteiger partial charge in [-0.1, -0.05) is 29.8 Å². The van der Waals surface area contributed by atoms with Crippen LogP contribution in [0.3, 0.4) is 0 Å². The van der Waals surface area contributed by atoms with Crippen LogP contribution in [0, 0.1) is 0 Å². The number of fused-ring (bicyclic) bond motifs is 1. The van der Waals surface area contributed by atoms with Gasteiger partial charge in [0.15, 0.2) is 15.5 Å². The summed E-state index contributed by atoms with van der Waals surface area (Å²) in [6, 6.07) is 19.6. The predicted octanol–water partition coefficient (Wildman–Crippen LogP) is 4.20. The molecule has 0 fully saturated rings. The minimum Gasteiger partial charge on any atom is -0.323 e. The Hall–Kier alpha value is -2.90. The van der Waals surface area contributed by atoms with E-state index in [1.54, 1.807) is 34.8 Å². The third kappa shape index (κ3) is 3.65. The molecule has 2 aromatic carbocycles. The van der Waals surface area contributed by atoms with E-state index in [1.165, 1.54) is 6.26 Å². The largest absolute Gasteiger partial charge is 0.323 e. The predicted molar refractivity (Wildman–Crippen MR) is 106 cm³/mol. The molecule has 4 aromatic rings. The van der Waals surface area contributed by atoms with E-state index in [1.807, 2.05) is 36.4 Å². The van der Waals surface area contributed by atoms with Crippen LogP contribution in [-0.4, -0.2) is 29.3 Å². The topological polar surface area (TPSA) is 76.4 Å². The summed E-state index contributed by atoms with van der Waals surface area (Å²) in [5, 5.41) is 8.30. The number of hydrogen-bond acceptors (Lipinski definition) is 5. The molecule has 0 saturated carbocycles. The standard InChI is InChI=1S/C19H15ClN4O2S/c1-27(25,26)16-5-2-4-13(12-16)17-6-3-7-18-22-19(23-24(17)18)21-15-10-8-14(20)9-11-15/h2-12H,1H3,(H,21,23). The fraction of sp³-hybridized carbons (Fsp3) is 0.0526. The Morgan fingerprint density at radius 1 is 1.00 bits per heavy atom. The van der Waals surface area contributed by atoms with Gasteiger partial charge in [0.2, 0.25) is 5.95 Å². The van der Waals surface area contributed by atoms with Gasteiger partial charge in [-0.25, -0.2) is 12.9 Å². The van der Waals surface area contributed by atoms with Crippen LogP contribution < -0.4 is 5.32 Å². The molecular formula is C19H15ClN4O2S. The molecule has 0 aliphatic heterocycles. The summed E-state index contributed by atoms with van der Waals surface area (Å²) in [4.78, 5) is 4.74. The van der Waals surface area contributed by atoms with Crippen molar-refractivity contribution in [3.05, 3.63) is 71.8 Å². The zero-order valence-electron chi connectivity index (χ0n) is 14.3. The molecule has 4 rings (SSSR count). The van der Waals surface area contributed by atoms with E-state index < -0.39 is 9.84 Å². The van der Waals surface area contributed by atoms with Crippen LogP contribution in [0.2, 0.25) is 5.02 Å². The first-order chi connectivity index (χ1) is 12.9. The Morgan fingerprint density at radius 2 is 1.74 bits per heavy atom. The molecule has 2 heterocycles. The number of anilines is 2. The van der Waals surface area contributed by atoms with Crippen LogP contribution in [0.25, 0.3) is 16.9 Å². The van der Waals surface area contributed by atoms with E-state index >= 15 is 0 Å². The molecule has 0 aliphatic carbocycles. The first-order valence-corrected chi connectivity index (χ1v) is 10.4. The summed E-state index contributed by atoms with van der Waals surface area (Å²) in [7, 11) is -3.29. The lowest BCUT2D eigenvalue weighted by Crippen LogP contribution is -1.99. The number of aromatic nitrogens is 3. The lowest BCUT2D eigenvalue weighted by molar-refractivity contribution is 0.602. The Morgan fingerprint density at radius 3 is 2.48 bits per heavy atom. The highest BCUT2D eigenvalue weighted by molar-refractivity contribution is 7.90. The minimum absolute atomic E-state index is 0.261. The molecule has 0 aliphatic rings. The van der Waals surface area contributed by atoms with E-state index in [0.29, 0.717) is 16.6 Å². The Labute approximate surface area is 161 Å². The molecule has 0 bridgehead atoms. The van der Waals surface area contributed by atoms with Crippen molar-refractivity contribution in [1.82, 2.24) is 14.6 Å². The highest BCUT2D eigenvalue weighted by atomic mass is 35.5. The average molecular weight is 399 g/mol. The summed E-state index contributed by atoms with van der Waals surface area (Å²) >= 11 is 5.91. The second-order valence-electron chi connectivity index (χ2n) is 6.05. The molecule has 6 nitrogen and oxygen atoms in total. The van der Waals surface area contributed by atoms with Gasteiger partial charge < -0.3 is 5.32 Å². The summed E-state index contributed by atoms with van der Waals surface area (Å²) < 4.78 is 25.4. The quantitative estimate of drug-likeness (QED) is 0.557. The van der Waals surface area contributed by atoms with Crippen LogP contribution in [0.5, 0.6) is 0 Å². The molecule has 27 heavy (non-hydrogen) atoms. The minimum atomic E-state index is -3.29. The molecule has 8 heteroatoms. The van der Waals surface area contributed by atoms with E-state index in [0.717, 1.165) is 16.9 Å². The van der Waals surface area contributed by atoms with Gasteiger partial charge in [0.25, 0.3) is 0 Å². The van der Waals surface area contributed by atoms with E-state index in [2.05, 4.69) is 15.4 Å². The molecule has 0 radical (unpaired) electrons. The lowest BCUT2D eigenvalue weighted by atomic mass is 10.1. The maximum Gasteiger partial charge on any atom is 0.247 e. The van der Waals surface area contributed by atoms with Crippen LogP contribution in [0.1, 0.15) is 0 Å². The van der Waals surface area contributed by atoms with Crippen molar-refractivity contribution in [2.24, 2.45) is 0 Å². The summed E-state index contributed by atoms with van der Waals surface area (Å²) in [6.45, 7) is 0. The third-order valence-corrected chi connectivity index (χ3v) is 5.38. The van der Waals surface area contributed by atoms with Crippen molar-refractivity contribution in [2.75, 3.05) is 11.6 Å². The number of hydrogen-bond donors (Lipinski definition) is 1. The molecular weight excluding hydrogens is 384 g/mol. The Bertz CT molecular complexity index is 1230. The Kier molecular flexibility index (Phi) is 4.33. The van der Waals surface area contributed by atoms with Crippen LogP contribution >= 0.6 is 11.6 Å².